The van der Waals surface area contributed by atoms with Crippen molar-refractivity contribution in [3.8, 4) is 5.75 Å². The number of nitrogens with two attached hydrogens (primary N) is 1. The molecule has 2 aromatic rings. The smallest absolute Gasteiger partial charge is 0.408 e. The topological polar surface area (TPSA) is 151 Å². The molecule has 38 heavy (non-hydrogen) atoms. The molecule has 0 bridgehead atoms. The molecule has 0 heterocycles. The predicted molar refractivity (Wildman–Crippen MR) is 144 cm³/mol. The molecule has 0 spiro atoms. The van der Waals surface area contributed by atoms with E-state index in [1.165, 1.54) is 17.0 Å². The molecule has 4 amide bonds. The number of aryl methyl sites for hydroxylation is 1. The Hall–Kier alpha value is -4.08. The van der Waals surface area contributed by atoms with Gasteiger partial charge in [0, 0.05) is 18.2 Å². The molecular weight excluding hydrogens is 488 g/mol. The van der Waals surface area contributed by atoms with Crippen molar-refractivity contribution in [2.45, 2.75) is 78.1 Å². The molecule has 10 nitrogen and oxygen atoms in total. The van der Waals surface area contributed by atoms with E-state index in [1.54, 1.807) is 58.9 Å². The first-order chi connectivity index (χ1) is 17.7. The lowest BCUT2D eigenvalue weighted by molar-refractivity contribution is -0.143. The summed E-state index contributed by atoms with van der Waals surface area (Å²) in [5.41, 5.74) is 6.26. The van der Waals surface area contributed by atoms with E-state index < -0.39 is 47.5 Å². The zero-order valence-corrected chi connectivity index (χ0v) is 22.8. The molecule has 0 radical (unpaired) electrons. The summed E-state index contributed by atoms with van der Waals surface area (Å²) in [4.78, 5) is 53.2. The number of carbonyl (C=O) groups is 4. The van der Waals surface area contributed by atoms with Crippen molar-refractivity contribution < 1.29 is 29.0 Å². The van der Waals surface area contributed by atoms with Gasteiger partial charge >= 0.3 is 6.09 Å². The van der Waals surface area contributed by atoms with Gasteiger partial charge in [0.1, 0.15) is 23.4 Å². The number of nitrogens with one attached hydrogen (secondary N) is 2. The SMILES string of the molecule is Cc1ccccc1NC(=O)C(c1cccc(O)c1)N(C(=O)C(CCC(N)=O)NC(=O)OC(C)(C)C)C(C)C. The maximum atomic E-state index is 14.0. The maximum Gasteiger partial charge on any atom is 0.408 e. The summed E-state index contributed by atoms with van der Waals surface area (Å²) in [6, 6.07) is 10.4. The van der Waals surface area contributed by atoms with Crippen molar-refractivity contribution in [1.82, 2.24) is 10.2 Å². The summed E-state index contributed by atoms with van der Waals surface area (Å²) < 4.78 is 5.32. The quantitative estimate of drug-likeness (QED) is 0.370. The molecule has 0 saturated heterocycles. The second-order valence-corrected chi connectivity index (χ2v) is 10.3. The van der Waals surface area contributed by atoms with Gasteiger partial charge in [0.2, 0.25) is 11.8 Å². The van der Waals surface area contributed by atoms with E-state index in [0.29, 0.717) is 11.3 Å². The number of hydrogen-bond donors (Lipinski definition) is 4. The van der Waals surface area contributed by atoms with Crippen LogP contribution in [0.5, 0.6) is 5.75 Å². The number of phenolic OH excluding ortho intramolecular Hbond substituents is 1. The number of carbonyl (C=O) groups excluding carboxylic acids is 4. The van der Waals surface area contributed by atoms with Crippen LogP contribution in [0.3, 0.4) is 0 Å². The minimum Gasteiger partial charge on any atom is -0.508 e. The molecule has 5 N–H and O–H groups in total. The average molecular weight is 527 g/mol. The second kappa shape index (κ2) is 12.9. The maximum absolute atomic E-state index is 14.0. The molecule has 0 aromatic heterocycles. The second-order valence-electron chi connectivity index (χ2n) is 10.3. The molecule has 2 atom stereocenters. The Morgan fingerprint density at radius 3 is 2.26 bits per heavy atom. The summed E-state index contributed by atoms with van der Waals surface area (Å²) in [5, 5.41) is 15.6. The number of para-hydroxylation sites is 1. The normalized spacial score (nSPS) is 12.8. The fourth-order valence-electron chi connectivity index (χ4n) is 3.90. The molecule has 0 aliphatic carbocycles. The van der Waals surface area contributed by atoms with E-state index in [9.17, 15) is 24.3 Å². The Kier molecular flexibility index (Phi) is 10.3. The Balaban J connectivity index is 2.53. The zero-order valence-electron chi connectivity index (χ0n) is 22.8. The highest BCUT2D eigenvalue weighted by molar-refractivity contribution is 5.99. The molecule has 0 saturated carbocycles. The molecule has 10 heteroatoms. The highest BCUT2D eigenvalue weighted by Gasteiger charge is 2.38. The van der Waals surface area contributed by atoms with Gasteiger partial charge in [-0.25, -0.2) is 4.79 Å². The summed E-state index contributed by atoms with van der Waals surface area (Å²) >= 11 is 0. The van der Waals surface area contributed by atoms with E-state index in [-0.39, 0.29) is 18.6 Å². The summed E-state index contributed by atoms with van der Waals surface area (Å²) in [5.74, 6) is -1.85. The number of phenols is 1. The molecule has 2 aromatic carbocycles. The molecule has 0 fully saturated rings. The van der Waals surface area contributed by atoms with E-state index in [4.69, 9.17) is 10.5 Å². The standard InChI is InChI=1S/C28H38N4O6/c1-17(2)32(26(36)22(14-15-23(29)34)31-27(37)38-28(4,5)6)24(19-11-9-12-20(33)16-19)25(35)30-21-13-8-7-10-18(21)3/h7-13,16-17,22,24,33H,14-15H2,1-6H3,(H2,29,34)(H,30,35)(H,31,37). The van der Waals surface area contributed by atoms with Gasteiger partial charge in [0.15, 0.2) is 0 Å². The average Bonchev–Trinajstić information content (AvgIpc) is 2.79. The first-order valence-electron chi connectivity index (χ1n) is 12.4. The first kappa shape index (κ1) is 30.1. The highest BCUT2D eigenvalue weighted by Crippen LogP contribution is 2.29. The molecule has 0 aliphatic heterocycles. The van der Waals surface area contributed by atoms with Crippen LogP contribution < -0.4 is 16.4 Å². The number of ether oxygens (including phenoxy) is 1. The largest absolute Gasteiger partial charge is 0.508 e. The van der Waals surface area contributed by atoms with E-state index in [1.807, 2.05) is 19.1 Å². The third-order valence-electron chi connectivity index (χ3n) is 5.59. The van der Waals surface area contributed by atoms with Crippen LogP contribution in [-0.2, 0) is 19.1 Å². The van der Waals surface area contributed by atoms with E-state index >= 15 is 0 Å². The van der Waals surface area contributed by atoms with Crippen molar-refractivity contribution in [1.29, 1.82) is 0 Å². The van der Waals surface area contributed by atoms with E-state index in [0.717, 1.165) is 5.56 Å². The van der Waals surface area contributed by atoms with Crippen LogP contribution in [0.4, 0.5) is 10.5 Å². The van der Waals surface area contributed by atoms with Gasteiger partial charge in [0.05, 0.1) is 0 Å². The fourth-order valence-corrected chi connectivity index (χ4v) is 3.90. The highest BCUT2D eigenvalue weighted by atomic mass is 16.6. The van der Waals surface area contributed by atoms with Crippen LogP contribution in [0.1, 0.15) is 64.6 Å². The van der Waals surface area contributed by atoms with Gasteiger partial charge in [-0.15, -0.1) is 0 Å². The Morgan fingerprint density at radius 2 is 1.71 bits per heavy atom. The van der Waals surface area contributed by atoms with Crippen molar-refractivity contribution in [2.24, 2.45) is 5.73 Å². The Morgan fingerprint density at radius 1 is 1.05 bits per heavy atom. The minimum absolute atomic E-state index is 0.0792. The Bertz CT molecular complexity index is 1160. The lowest BCUT2D eigenvalue weighted by atomic mass is 9.99. The number of aromatic hydroxyl groups is 1. The fraction of sp³-hybridized carbons (Fsp3) is 0.429. The molecule has 0 aliphatic rings. The zero-order chi connectivity index (χ0) is 28.6. The van der Waals surface area contributed by atoms with Gasteiger partial charge in [-0.05, 0) is 77.3 Å². The number of alkyl carbamates (subject to hydrolysis) is 1. The van der Waals surface area contributed by atoms with Gasteiger partial charge in [0.25, 0.3) is 5.91 Å². The van der Waals surface area contributed by atoms with Gasteiger partial charge in [-0.1, -0.05) is 30.3 Å². The van der Waals surface area contributed by atoms with Crippen LogP contribution in [0.2, 0.25) is 0 Å². The molecular formula is C28H38N4O6. The van der Waals surface area contributed by atoms with Crippen molar-refractivity contribution in [2.75, 3.05) is 5.32 Å². The van der Waals surface area contributed by atoms with Crippen LogP contribution in [0, 0.1) is 6.92 Å². The van der Waals surface area contributed by atoms with Gasteiger partial charge < -0.3 is 31.1 Å². The summed E-state index contributed by atoms with van der Waals surface area (Å²) in [6.07, 6.45) is -1.12. The van der Waals surface area contributed by atoms with Gasteiger partial charge in [-0.2, -0.15) is 0 Å². The lowest BCUT2D eigenvalue weighted by Crippen LogP contribution is -2.54. The van der Waals surface area contributed by atoms with Crippen molar-refractivity contribution >= 4 is 29.5 Å². The monoisotopic (exact) mass is 526 g/mol. The molecule has 206 valence electrons. The number of amides is 4. The summed E-state index contributed by atoms with van der Waals surface area (Å²) in [6.45, 7) is 10.3. The van der Waals surface area contributed by atoms with Crippen molar-refractivity contribution in [3.05, 3.63) is 59.7 Å². The van der Waals surface area contributed by atoms with Crippen LogP contribution in [0.25, 0.3) is 0 Å². The summed E-state index contributed by atoms with van der Waals surface area (Å²) in [7, 11) is 0. The van der Waals surface area contributed by atoms with Crippen LogP contribution in [-0.4, -0.2) is 51.5 Å². The number of primary amides is 1. The van der Waals surface area contributed by atoms with E-state index in [2.05, 4.69) is 10.6 Å². The molecule has 2 rings (SSSR count). The third-order valence-corrected chi connectivity index (χ3v) is 5.59. The van der Waals surface area contributed by atoms with Crippen LogP contribution >= 0.6 is 0 Å². The number of hydrogen-bond acceptors (Lipinski definition) is 6. The molecule has 2 unspecified atom stereocenters. The number of rotatable bonds is 10. The third kappa shape index (κ3) is 8.79. The number of anilines is 1. The number of benzene rings is 2. The number of nitrogens with zero attached hydrogens (tertiary/aromatic N) is 1. The van der Waals surface area contributed by atoms with Crippen molar-refractivity contribution in [3.63, 3.8) is 0 Å². The Labute approximate surface area is 223 Å². The first-order valence-corrected chi connectivity index (χ1v) is 12.4. The predicted octanol–water partition coefficient (Wildman–Crippen LogP) is 3.78. The minimum atomic E-state index is -1.20. The van der Waals surface area contributed by atoms with Crippen LogP contribution in [0.15, 0.2) is 48.5 Å². The lowest BCUT2D eigenvalue weighted by Gasteiger charge is -2.37. The van der Waals surface area contributed by atoms with Gasteiger partial charge in [-0.3, -0.25) is 14.4 Å².